The molecule has 0 aliphatic heterocycles. The highest BCUT2D eigenvalue weighted by Crippen LogP contribution is 2.41. The normalized spacial score (nSPS) is 12.7. The fourth-order valence-corrected chi connectivity index (χ4v) is 5.91. The molecule has 0 heterocycles. The third-order valence-electron chi connectivity index (χ3n) is 7.78. The molecule has 0 saturated heterocycles. The number of phenols is 2. The molecule has 0 amide bonds. The summed E-state index contributed by atoms with van der Waals surface area (Å²) in [4.78, 5) is 24.6. The molecular formula is C38H58O6S. The van der Waals surface area contributed by atoms with Gasteiger partial charge in [0.2, 0.25) is 0 Å². The summed E-state index contributed by atoms with van der Waals surface area (Å²) in [5.74, 6) is 1.33. The lowest BCUT2D eigenvalue weighted by atomic mass is 9.78. The van der Waals surface area contributed by atoms with E-state index in [1.165, 1.54) is 11.8 Å². The van der Waals surface area contributed by atoms with Crippen LogP contribution < -0.4 is 0 Å². The zero-order chi connectivity index (χ0) is 34.4. The average Bonchev–Trinajstić information content (AvgIpc) is 2.87. The van der Waals surface area contributed by atoms with Gasteiger partial charge in [0.05, 0.1) is 26.1 Å². The van der Waals surface area contributed by atoms with E-state index in [4.69, 9.17) is 9.47 Å². The van der Waals surface area contributed by atoms with E-state index < -0.39 is 0 Å². The van der Waals surface area contributed by atoms with Crippen molar-refractivity contribution in [2.75, 3.05) is 24.7 Å². The smallest absolute Gasteiger partial charge is 0.306 e. The molecular weight excluding hydrogens is 584 g/mol. The fourth-order valence-electron chi connectivity index (χ4n) is 5.09. The number of phenolic OH excluding ortho intramolecular Hbond substituents is 2. The largest absolute Gasteiger partial charge is 0.507 e. The number of rotatable bonds is 12. The summed E-state index contributed by atoms with van der Waals surface area (Å²) in [6.07, 6.45) is 1.72. The van der Waals surface area contributed by atoms with Crippen molar-refractivity contribution >= 4 is 23.7 Å². The van der Waals surface area contributed by atoms with Crippen LogP contribution in [0.15, 0.2) is 24.3 Å². The van der Waals surface area contributed by atoms with Gasteiger partial charge in [0.25, 0.3) is 0 Å². The molecule has 2 rings (SSSR count). The summed E-state index contributed by atoms with van der Waals surface area (Å²) in [5, 5.41) is 21.8. The zero-order valence-corrected chi connectivity index (χ0v) is 30.7. The van der Waals surface area contributed by atoms with Gasteiger partial charge in [-0.1, -0.05) is 107 Å². The lowest BCUT2D eigenvalue weighted by Crippen LogP contribution is -2.18. The lowest BCUT2D eigenvalue weighted by Gasteiger charge is -2.28. The first-order valence-electron chi connectivity index (χ1n) is 16.1. The maximum absolute atomic E-state index is 12.3. The molecule has 0 aliphatic rings. The van der Waals surface area contributed by atoms with E-state index in [2.05, 4.69) is 83.1 Å². The predicted molar refractivity (Wildman–Crippen MR) is 187 cm³/mol. The van der Waals surface area contributed by atoms with Crippen LogP contribution in [-0.2, 0) is 53.6 Å². The molecule has 0 spiro atoms. The van der Waals surface area contributed by atoms with Crippen LogP contribution >= 0.6 is 11.8 Å². The summed E-state index contributed by atoms with van der Waals surface area (Å²) in [7, 11) is 0. The third kappa shape index (κ3) is 11.9. The Balaban J connectivity index is 1.76. The number of ether oxygens (including phenoxy) is 2. The Kier molecular flexibility index (Phi) is 13.1. The molecule has 0 bridgehead atoms. The van der Waals surface area contributed by atoms with E-state index in [0.717, 1.165) is 33.4 Å². The van der Waals surface area contributed by atoms with Gasteiger partial charge < -0.3 is 19.7 Å². The highest BCUT2D eigenvalue weighted by Gasteiger charge is 2.28. The average molecular weight is 643 g/mol. The second kappa shape index (κ2) is 15.3. The maximum Gasteiger partial charge on any atom is 0.306 e. The highest BCUT2D eigenvalue weighted by atomic mass is 32.2. The van der Waals surface area contributed by atoms with Gasteiger partial charge in [0, 0.05) is 24.3 Å². The van der Waals surface area contributed by atoms with Gasteiger partial charge >= 0.3 is 11.9 Å². The van der Waals surface area contributed by atoms with E-state index in [-0.39, 0.29) is 59.7 Å². The summed E-state index contributed by atoms with van der Waals surface area (Å²) in [5.41, 5.74) is 4.84. The third-order valence-corrected chi connectivity index (χ3v) is 8.77. The first-order valence-corrected chi connectivity index (χ1v) is 17.3. The topological polar surface area (TPSA) is 93.1 Å². The number of hydrogen-bond acceptors (Lipinski definition) is 7. The molecule has 0 radical (unpaired) electrons. The second-order valence-corrected chi connectivity index (χ2v) is 17.4. The Labute approximate surface area is 276 Å². The van der Waals surface area contributed by atoms with Crippen molar-refractivity contribution in [3.05, 3.63) is 57.6 Å². The van der Waals surface area contributed by atoms with Crippen molar-refractivity contribution in [1.82, 2.24) is 0 Å². The van der Waals surface area contributed by atoms with E-state index in [1.54, 1.807) is 0 Å². The molecule has 0 atom stereocenters. The predicted octanol–water partition coefficient (Wildman–Crippen LogP) is 8.67. The summed E-state index contributed by atoms with van der Waals surface area (Å²) < 4.78 is 11.0. The Morgan fingerprint density at radius 1 is 0.556 bits per heavy atom. The number of carbonyl (C=O) groups excluding carboxylic acids is 2. The molecule has 0 unspecified atom stereocenters. The Morgan fingerprint density at radius 2 is 0.822 bits per heavy atom. The Morgan fingerprint density at radius 3 is 1.07 bits per heavy atom. The van der Waals surface area contributed by atoms with E-state index in [1.807, 2.05) is 24.3 Å². The van der Waals surface area contributed by atoms with Gasteiger partial charge in [-0.2, -0.15) is 11.8 Å². The fraction of sp³-hybridized carbons (Fsp3) is 0.632. The van der Waals surface area contributed by atoms with Crippen molar-refractivity contribution in [3.63, 3.8) is 0 Å². The minimum Gasteiger partial charge on any atom is -0.507 e. The quantitative estimate of drug-likeness (QED) is 0.177. The van der Waals surface area contributed by atoms with Crippen molar-refractivity contribution in [2.24, 2.45) is 0 Å². The second-order valence-electron chi connectivity index (χ2n) is 16.1. The van der Waals surface area contributed by atoms with Crippen molar-refractivity contribution in [3.8, 4) is 11.5 Å². The monoisotopic (exact) mass is 642 g/mol. The number of hydrogen-bond donors (Lipinski definition) is 2. The van der Waals surface area contributed by atoms with Crippen LogP contribution in [0.25, 0.3) is 0 Å². The standard InChI is InChI=1S/C38H58O6S/c1-35(2,3)27-21-25(22-28(33(27)41)36(4,5)6)13-17-43-31(39)15-19-45-20-16-32(40)44-18-14-26-23-29(37(7,8)9)34(42)30(24-26)38(10,11)12/h21-24,41-42H,13-20H2,1-12H3. The molecule has 0 saturated carbocycles. The maximum atomic E-state index is 12.3. The summed E-state index contributed by atoms with van der Waals surface area (Å²) in [6.45, 7) is 25.5. The molecule has 2 N–H and O–H groups in total. The Bertz CT molecular complexity index is 1140. The molecule has 0 aliphatic carbocycles. The zero-order valence-electron chi connectivity index (χ0n) is 29.9. The van der Waals surface area contributed by atoms with Crippen LogP contribution in [-0.4, -0.2) is 46.9 Å². The number of aromatic hydroxyl groups is 2. The van der Waals surface area contributed by atoms with E-state index >= 15 is 0 Å². The van der Waals surface area contributed by atoms with Crippen molar-refractivity contribution in [1.29, 1.82) is 0 Å². The van der Waals surface area contributed by atoms with Crippen LogP contribution in [0.1, 0.15) is 129 Å². The minimum absolute atomic E-state index is 0.209. The SMILES string of the molecule is CC(C)(C)c1cc(CCOC(=O)CCSCCC(=O)OCCc2cc(C(C)(C)C)c(O)c(C(C)(C)C)c2)cc(C(C)(C)C)c1O. The van der Waals surface area contributed by atoms with Gasteiger partial charge in [-0.3, -0.25) is 9.59 Å². The van der Waals surface area contributed by atoms with Crippen LogP contribution in [0.2, 0.25) is 0 Å². The molecule has 45 heavy (non-hydrogen) atoms. The molecule has 2 aromatic carbocycles. The van der Waals surface area contributed by atoms with Gasteiger partial charge in [-0.25, -0.2) is 0 Å². The molecule has 2 aromatic rings. The summed E-state index contributed by atoms with van der Waals surface area (Å²) in [6, 6.07) is 8.07. The van der Waals surface area contributed by atoms with Crippen LogP contribution in [0.5, 0.6) is 11.5 Å². The summed E-state index contributed by atoms with van der Waals surface area (Å²) >= 11 is 1.53. The molecule has 6 nitrogen and oxygen atoms in total. The number of thioether (sulfide) groups is 1. The number of benzene rings is 2. The van der Waals surface area contributed by atoms with Gasteiger partial charge in [-0.05, 0) is 55.0 Å². The molecule has 252 valence electrons. The van der Waals surface area contributed by atoms with Gasteiger partial charge in [0.15, 0.2) is 0 Å². The van der Waals surface area contributed by atoms with E-state index in [9.17, 15) is 19.8 Å². The first-order chi connectivity index (χ1) is 20.5. The molecule has 7 heteroatoms. The van der Waals surface area contributed by atoms with Crippen LogP contribution in [0.3, 0.4) is 0 Å². The number of carbonyl (C=O) groups is 2. The number of esters is 2. The van der Waals surface area contributed by atoms with Crippen molar-refractivity contribution < 1.29 is 29.3 Å². The highest BCUT2D eigenvalue weighted by molar-refractivity contribution is 7.99. The van der Waals surface area contributed by atoms with Crippen LogP contribution in [0.4, 0.5) is 0 Å². The van der Waals surface area contributed by atoms with Gasteiger partial charge in [0.1, 0.15) is 11.5 Å². The van der Waals surface area contributed by atoms with Crippen molar-refractivity contribution in [2.45, 2.75) is 130 Å². The molecule has 0 fully saturated rings. The van der Waals surface area contributed by atoms with Crippen LogP contribution in [0, 0.1) is 0 Å². The molecule has 0 aromatic heterocycles. The Hall–Kier alpha value is -2.67. The van der Waals surface area contributed by atoms with E-state index in [0.29, 0.717) is 35.8 Å². The minimum atomic E-state index is -0.255. The van der Waals surface area contributed by atoms with Gasteiger partial charge in [-0.15, -0.1) is 0 Å². The lowest BCUT2D eigenvalue weighted by molar-refractivity contribution is -0.143. The first kappa shape index (κ1) is 38.5.